The third-order valence-electron chi connectivity index (χ3n) is 6.08. The zero-order valence-corrected chi connectivity index (χ0v) is 16.2. The number of hydrogen-bond acceptors (Lipinski definition) is 3. The van der Waals surface area contributed by atoms with E-state index in [2.05, 4.69) is 5.32 Å². The van der Waals surface area contributed by atoms with E-state index < -0.39 is 0 Å². The summed E-state index contributed by atoms with van der Waals surface area (Å²) in [5.74, 6) is 0.238. The Morgan fingerprint density at radius 3 is 2.26 bits per heavy atom. The minimum Gasteiger partial charge on any atom is -0.342 e. The zero-order chi connectivity index (χ0) is 19.4. The van der Waals surface area contributed by atoms with Crippen molar-refractivity contribution in [2.45, 2.75) is 39.5 Å². The van der Waals surface area contributed by atoms with Crippen LogP contribution in [0.2, 0.25) is 0 Å². The first kappa shape index (κ1) is 19.4. The van der Waals surface area contributed by atoms with Gasteiger partial charge in [-0.1, -0.05) is 12.1 Å². The summed E-state index contributed by atoms with van der Waals surface area (Å²) in [6.45, 7) is 6.52. The lowest BCUT2D eigenvalue weighted by Gasteiger charge is -2.36. The third-order valence-corrected chi connectivity index (χ3v) is 6.08. The maximum Gasteiger partial charge on any atom is 0.227 e. The SMILES string of the molecule is Cc1cccc(NC(=O)C2CCC(C(=O)N3CCN(C=O)CC3)CC2)c1C. The first-order valence-corrected chi connectivity index (χ1v) is 9.85. The van der Waals surface area contributed by atoms with E-state index >= 15 is 0 Å². The number of nitrogens with one attached hydrogen (secondary N) is 1. The van der Waals surface area contributed by atoms with Crippen molar-refractivity contribution in [1.29, 1.82) is 0 Å². The quantitative estimate of drug-likeness (QED) is 0.826. The highest BCUT2D eigenvalue weighted by Crippen LogP contribution is 2.31. The van der Waals surface area contributed by atoms with Gasteiger partial charge in [0, 0.05) is 43.7 Å². The van der Waals surface area contributed by atoms with Crippen LogP contribution in [0.25, 0.3) is 0 Å². The van der Waals surface area contributed by atoms with E-state index in [-0.39, 0.29) is 23.7 Å². The predicted octanol–water partition coefficient (Wildman–Crippen LogP) is 2.35. The van der Waals surface area contributed by atoms with Gasteiger partial charge in [-0.2, -0.15) is 0 Å². The molecule has 1 heterocycles. The second-order valence-corrected chi connectivity index (χ2v) is 7.75. The van der Waals surface area contributed by atoms with Crippen LogP contribution in [0.4, 0.5) is 5.69 Å². The number of amides is 3. The molecule has 1 aliphatic carbocycles. The lowest BCUT2D eigenvalue weighted by molar-refractivity contribution is -0.140. The van der Waals surface area contributed by atoms with Gasteiger partial charge in [-0.05, 0) is 56.7 Å². The van der Waals surface area contributed by atoms with Gasteiger partial charge >= 0.3 is 0 Å². The maximum atomic E-state index is 12.7. The zero-order valence-electron chi connectivity index (χ0n) is 16.2. The number of nitrogens with zero attached hydrogens (tertiary/aromatic N) is 2. The molecule has 1 aliphatic heterocycles. The standard InChI is InChI=1S/C21H29N3O3/c1-15-4-3-5-19(16(15)2)22-20(26)17-6-8-18(9-7-17)21(27)24-12-10-23(14-25)11-13-24/h3-5,14,17-18H,6-13H2,1-2H3,(H,22,26). The Balaban J connectivity index is 1.49. The van der Waals surface area contributed by atoms with Crippen molar-refractivity contribution in [2.24, 2.45) is 11.8 Å². The van der Waals surface area contributed by atoms with Crippen LogP contribution < -0.4 is 5.32 Å². The molecule has 1 saturated heterocycles. The molecule has 6 nitrogen and oxygen atoms in total. The minimum absolute atomic E-state index is 0.0116. The molecule has 0 spiro atoms. The van der Waals surface area contributed by atoms with Crippen molar-refractivity contribution < 1.29 is 14.4 Å². The largest absolute Gasteiger partial charge is 0.342 e. The van der Waals surface area contributed by atoms with Gasteiger partial charge in [0.05, 0.1) is 0 Å². The van der Waals surface area contributed by atoms with Crippen LogP contribution in [0.15, 0.2) is 18.2 Å². The molecule has 2 aliphatic rings. The van der Waals surface area contributed by atoms with E-state index in [1.54, 1.807) is 4.90 Å². The van der Waals surface area contributed by atoms with Crippen LogP contribution in [-0.4, -0.2) is 54.2 Å². The van der Waals surface area contributed by atoms with Gasteiger partial charge in [0.25, 0.3) is 0 Å². The topological polar surface area (TPSA) is 69.7 Å². The van der Waals surface area contributed by atoms with Crippen LogP contribution in [0, 0.1) is 25.7 Å². The van der Waals surface area contributed by atoms with E-state index in [1.807, 2.05) is 36.9 Å². The monoisotopic (exact) mass is 371 g/mol. The molecule has 6 heteroatoms. The van der Waals surface area contributed by atoms with E-state index in [4.69, 9.17) is 0 Å². The fourth-order valence-electron chi connectivity index (χ4n) is 4.03. The van der Waals surface area contributed by atoms with Crippen LogP contribution in [0.3, 0.4) is 0 Å². The molecule has 27 heavy (non-hydrogen) atoms. The van der Waals surface area contributed by atoms with Crippen molar-refractivity contribution in [3.63, 3.8) is 0 Å². The lowest BCUT2D eigenvalue weighted by Crippen LogP contribution is -2.50. The summed E-state index contributed by atoms with van der Waals surface area (Å²) in [6, 6.07) is 5.93. The fraction of sp³-hybridized carbons (Fsp3) is 0.571. The number of aryl methyl sites for hydroxylation is 1. The summed E-state index contributed by atoms with van der Waals surface area (Å²) in [5.41, 5.74) is 3.15. The Morgan fingerprint density at radius 2 is 1.63 bits per heavy atom. The predicted molar refractivity (Wildman–Crippen MR) is 104 cm³/mol. The summed E-state index contributed by atoms with van der Waals surface area (Å²) >= 11 is 0. The van der Waals surface area contributed by atoms with Gasteiger partial charge in [0.1, 0.15) is 0 Å². The van der Waals surface area contributed by atoms with Crippen LogP contribution >= 0.6 is 0 Å². The molecule has 3 rings (SSSR count). The molecule has 0 unspecified atom stereocenters. The van der Waals surface area contributed by atoms with Gasteiger partial charge in [-0.15, -0.1) is 0 Å². The molecule has 3 amide bonds. The van der Waals surface area contributed by atoms with Crippen molar-refractivity contribution in [2.75, 3.05) is 31.5 Å². The van der Waals surface area contributed by atoms with Gasteiger partial charge in [0.2, 0.25) is 18.2 Å². The summed E-state index contributed by atoms with van der Waals surface area (Å²) in [4.78, 5) is 39.7. The fourth-order valence-corrected chi connectivity index (χ4v) is 4.03. The highest BCUT2D eigenvalue weighted by atomic mass is 16.2. The second kappa shape index (κ2) is 8.55. The molecule has 2 fully saturated rings. The van der Waals surface area contributed by atoms with E-state index in [0.717, 1.165) is 48.9 Å². The van der Waals surface area contributed by atoms with Crippen molar-refractivity contribution >= 4 is 23.9 Å². The number of carbonyl (C=O) groups excluding carboxylic acids is 3. The molecule has 1 aromatic rings. The first-order valence-electron chi connectivity index (χ1n) is 9.85. The van der Waals surface area contributed by atoms with Gasteiger partial charge in [0.15, 0.2) is 0 Å². The van der Waals surface area contributed by atoms with Crippen LogP contribution in [0.1, 0.15) is 36.8 Å². The second-order valence-electron chi connectivity index (χ2n) is 7.75. The van der Waals surface area contributed by atoms with Gasteiger partial charge < -0.3 is 15.1 Å². The third kappa shape index (κ3) is 4.49. The van der Waals surface area contributed by atoms with Gasteiger partial charge in [-0.3, -0.25) is 14.4 Å². The Morgan fingerprint density at radius 1 is 1.00 bits per heavy atom. The van der Waals surface area contributed by atoms with Gasteiger partial charge in [-0.25, -0.2) is 0 Å². The summed E-state index contributed by atoms with van der Waals surface area (Å²) < 4.78 is 0. The molecule has 146 valence electrons. The minimum atomic E-state index is -0.0270. The van der Waals surface area contributed by atoms with Crippen molar-refractivity contribution in [3.8, 4) is 0 Å². The molecule has 0 atom stereocenters. The maximum absolute atomic E-state index is 12.7. The molecule has 1 N–H and O–H groups in total. The summed E-state index contributed by atoms with van der Waals surface area (Å²) in [7, 11) is 0. The van der Waals surface area contributed by atoms with E-state index in [0.29, 0.717) is 26.2 Å². The first-order chi connectivity index (χ1) is 13.0. The molecule has 1 aromatic carbocycles. The number of carbonyl (C=O) groups is 3. The number of anilines is 1. The number of piperazine rings is 1. The average Bonchev–Trinajstić information content (AvgIpc) is 2.71. The molecule has 1 saturated carbocycles. The highest BCUT2D eigenvalue weighted by molar-refractivity contribution is 5.93. The normalized spacial score (nSPS) is 23.0. The van der Waals surface area contributed by atoms with Crippen LogP contribution in [-0.2, 0) is 14.4 Å². The summed E-state index contributed by atoms with van der Waals surface area (Å²) in [6.07, 6.45) is 3.87. The van der Waals surface area contributed by atoms with E-state index in [1.165, 1.54) is 0 Å². The lowest BCUT2D eigenvalue weighted by atomic mass is 9.80. The van der Waals surface area contributed by atoms with Crippen molar-refractivity contribution in [3.05, 3.63) is 29.3 Å². The van der Waals surface area contributed by atoms with Crippen LogP contribution in [0.5, 0.6) is 0 Å². The highest BCUT2D eigenvalue weighted by Gasteiger charge is 2.33. The Bertz CT molecular complexity index is 703. The Labute approximate surface area is 160 Å². The molecular formula is C21H29N3O3. The number of benzene rings is 1. The Kier molecular flexibility index (Phi) is 6.14. The number of hydrogen-bond donors (Lipinski definition) is 1. The number of rotatable bonds is 4. The average molecular weight is 371 g/mol. The molecule has 0 bridgehead atoms. The van der Waals surface area contributed by atoms with E-state index in [9.17, 15) is 14.4 Å². The van der Waals surface area contributed by atoms with Crippen molar-refractivity contribution in [1.82, 2.24) is 9.80 Å². The smallest absolute Gasteiger partial charge is 0.227 e. The molecular weight excluding hydrogens is 342 g/mol. The molecule has 0 aromatic heterocycles. The summed E-state index contributed by atoms with van der Waals surface area (Å²) in [5, 5.41) is 3.07. The Hall–Kier alpha value is -2.37. The molecule has 0 radical (unpaired) electrons.